The Hall–Kier alpha value is -13.0. The Morgan fingerprint density at radius 2 is 0.483 bits per heavy atom. The third-order valence-corrected chi connectivity index (χ3v) is 26.8. The van der Waals surface area contributed by atoms with Crippen LogP contribution in [0.1, 0.15) is 155 Å². The molecule has 0 radical (unpaired) electrons. The van der Waals surface area contributed by atoms with E-state index in [1.54, 1.807) is 0 Å². The van der Waals surface area contributed by atoms with Crippen LogP contribution in [0.15, 0.2) is 324 Å². The van der Waals surface area contributed by atoms with Gasteiger partial charge in [0.05, 0.1) is 11.4 Å². The molecule has 0 amide bonds. The first kappa shape index (κ1) is 74.5. The average Bonchev–Trinajstić information content (AvgIpc) is 1.50. The van der Waals surface area contributed by atoms with Gasteiger partial charge in [-0.3, -0.25) is 0 Å². The third-order valence-electron chi connectivity index (χ3n) is 26.8. The highest BCUT2D eigenvalue weighted by Gasteiger charge is 2.49. The molecule has 0 saturated heterocycles. The highest BCUT2D eigenvalue weighted by Crippen LogP contribution is 2.65. The summed E-state index contributed by atoms with van der Waals surface area (Å²) in [7, 11) is 0. The van der Waals surface area contributed by atoms with Gasteiger partial charge in [0, 0.05) is 55.1 Å². The minimum atomic E-state index is -0.538. The largest absolute Gasteiger partial charge is 0.454 e. The van der Waals surface area contributed by atoms with E-state index in [1.807, 2.05) is 0 Å². The monoisotopic (exact) mass is 1550 g/mol. The smallest absolute Gasteiger partial charge is 0.160 e. The third kappa shape index (κ3) is 11.5. The summed E-state index contributed by atoms with van der Waals surface area (Å²) in [6.07, 6.45) is 0. The Balaban J connectivity index is 0.749. The number of hydrogen-bond acceptors (Lipinski definition) is 4. The molecule has 2 aromatic heterocycles. The maximum absolute atomic E-state index is 7.51. The lowest BCUT2D eigenvalue weighted by Crippen LogP contribution is -2.24. The molecule has 0 bridgehead atoms. The average molecular weight is 1550 g/mol. The molecule has 586 valence electrons. The summed E-state index contributed by atoms with van der Waals surface area (Å²) in [6.45, 7) is 37.7. The van der Waals surface area contributed by atoms with Crippen molar-refractivity contribution in [3.05, 3.63) is 360 Å². The van der Waals surface area contributed by atoms with E-state index in [0.717, 1.165) is 100 Å². The molecule has 2 aliphatic carbocycles. The fourth-order valence-electron chi connectivity index (χ4n) is 21.1. The van der Waals surface area contributed by atoms with E-state index in [-0.39, 0.29) is 21.7 Å². The first-order valence-electron chi connectivity index (χ1n) is 42.9. The molecule has 0 aliphatic heterocycles. The minimum absolute atomic E-state index is 0.0227. The van der Waals surface area contributed by atoms with Gasteiger partial charge < -0.3 is 18.6 Å². The molecule has 4 heteroatoms. The predicted molar refractivity (Wildman–Crippen MR) is 512 cm³/mol. The number of rotatable bonds is 10. The van der Waals surface area contributed by atoms with Crippen molar-refractivity contribution in [3.63, 3.8) is 0 Å². The van der Waals surface area contributed by atoms with Crippen LogP contribution in [0.2, 0.25) is 0 Å². The van der Waals surface area contributed by atoms with Crippen LogP contribution in [0.4, 0.5) is 34.1 Å². The van der Waals surface area contributed by atoms with Gasteiger partial charge >= 0.3 is 0 Å². The fourth-order valence-corrected chi connectivity index (χ4v) is 21.1. The van der Waals surface area contributed by atoms with Crippen molar-refractivity contribution in [2.24, 2.45) is 0 Å². The van der Waals surface area contributed by atoms with Gasteiger partial charge in [-0.2, -0.15) is 0 Å². The van der Waals surface area contributed by atoms with E-state index >= 15 is 0 Å². The standard InChI is InChI=1S/C116H100N2O2/c1-111(2,3)93-40-28-38-84-77(37-27-39-88(84)93)69-43-51-73(52-44-69)117(74-53-45-70(46-54-74)78-61-64-94(112(4,5)6)85-32-20-17-29-81(78)85)99-67-97-103(105-89-35-23-25-41-101(89)119-109(99)105)91-59-60-92-104-98(116(15,16)108(92)107(91)115(97,13)14)68-100(110-106(104)90-36-24-26-42-102(90)120-110)118(75-55-47-71(48-56-75)79-62-65-95(113(7,8)9)86-33-21-18-30-82(79)86)76-57-49-72(50-58-76)80-63-66-96(114(10,11)12)87-34-22-19-31-83(80)87/h17-68H,1-16H3. The molecule has 4 nitrogen and oxygen atoms in total. The van der Waals surface area contributed by atoms with Crippen LogP contribution in [0.5, 0.6) is 0 Å². The molecule has 21 rings (SSSR count). The Kier molecular flexibility index (Phi) is 16.6. The first-order valence-corrected chi connectivity index (χ1v) is 42.9. The lowest BCUT2D eigenvalue weighted by Gasteiger charge is -2.32. The number of furan rings is 2. The minimum Gasteiger partial charge on any atom is -0.454 e. The Morgan fingerprint density at radius 1 is 0.233 bits per heavy atom. The SMILES string of the molecule is CC(C)(C)c1cccc2c(-c3ccc(N(c4ccc(-c5ccc(C(C)(C)C)c6ccccc56)cc4)c4cc5c(c6c4oc4ccccc46)-c4ccc6c(c4C5(C)C)C(C)(C)c4cc(N(c5ccc(-c7ccc(C(C)(C)C)c8ccccc78)cc5)c5ccc(-c7ccc(C(C)(C)C)c8ccccc78)cc5)c5oc7ccccc7c5c4-6)cc3)cccc12. The van der Waals surface area contributed by atoms with Crippen LogP contribution in [-0.4, -0.2) is 0 Å². The number of fused-ring (bicyclic) bond motifs is 19. The second kappa shape index (κ2) is 26.7. The Labute approximate surface area is 705 Å². The molecule has 0 saturated carbocycles. The maximum Gasteiger partial charge on any atom is 0.160 e. The van der Waals surface area contributed by atoms with Crippen molar-refractivity contribution in [1.29, 1.82) is 0 Å². The summed E-state index contributed by atoms with van der Waals surface area (Å²) < 4.78 is 15.0. The predicted octanol–water partition coefficient (Wildman–Crippen LogP) is 33.5. The molecule has 0 spiro atoms. The molecule has 0 atom stereocenters. The molecule has 2 aliphatic rings. The molecule has 120 heavy (non-hydrogen) atoms. The topological polar surface area (TPSA) is 32.8 Å². The van der Waals surface area contributed by atoms with Crippen LogP contribution < -0.4 is 9.80 Å². The second-order valence-electron chi connectivity index (χ2n) is 39.1. The van der Waals surface area contributed by atoms with Gasteiger partial charge in [-0.15, -0.1) is 0 Å². The molecule has 0 fully saturated rings. The summed E-state index contributed by atoms with van der Waals surface area (Å²) in [5, 5.41) is 14.6. The van der Waals surface area contributed by atoms with E-state index in [0.29, 0.717) is 0 Å². The molecule has 0 N–H and O–H groups in total. The van der Waals surface area contributed by atoms with Gasteiger partial charge in [0.15, 0.2) is 11.2 Å². The van der Waals surface area contributed by atoms with Gasteiger partial charge in [0.1, 0.15) is 11.2 Å². The zero-order valence-corrected chi connectivity index (χ0v) is 71.7. The van der Waals surface area contributed by atoms with E-state index in [9.17, 15) is 0 Å². The van der Waals surface area contributed by atoms with Crippen molar-refractivity contribution >= 4 is 121 Å². The quantitative estimate of drug-likeness (QED) is 0.137. The summed E-state index contributed by atoms with van der Waals surface area (Å²) in [5.41, 5.74) is 33.3. The van der Waals surface area contributed by atoms with Gasteiger partial charge in [-0.25, -0.2) is 0 Å². The lowest BCUT2D eigenvalue weighted by atomic mass is 9.72. The second-order valence-corrected chi connectivity index (χ2v) is 39.1. The zero-order valence-electron chi connectivity index (χ0n) is 71.7. The molecule has 0 unspecified atom stereocenters. The van der Waals surface area contributed by atoms with E-state index in [1.165, 1.54) is 132 Å². The van der Waals surface area contributed by atoms with Crippen LogP contribution in [0.25, 0.3) is 154 Å². The summed E-state index contributed by atoms with van der Waals surface area (Å²) >= 11 is 0. The summed E-state index contributed by atoms with van der Waals surface area (Å²) in [6, 6.07) is 119. The maximum atomic E-state index is 7.51. The van der Waals surface area contributed by atoms with Gasteiger partial charge in [0.2, 0.25) is 0 Å². The molecule has 2 heterocycles. The van der Waals surface area contributed by atoms with Gasteiger partial charge in [-0.1, -0.05) is 353 Å². The Morgan fingerprint density at radius 3 is 0.800 bits per heavy atom. The lowest BCUT2D eigenvalue weighted by molar-refractivity contribution is 0.595. The number of para-hydroxylation sites is 2. The van der Waals surface area contributed by atoms with E-state index in [4.69, 9.17) is 8.83 Å². The van der Waals surface area contributed by atoms with Crippen molar-refractivity contribution in [3.8, 4) is 66.8 Å². The van der Waals surface area contributed by atoms with Crippen molar-refractivity contribution < 1.29 is 8.83 Å². The number of benzene rings is 17. The van der Waals surface area contributed by atoms with Crippen LogP contribution in [0, 0.1) is 0 Å². The van der Waals surface area contributed by atoms with E-state index < -0.39 is 10.8 Å². The molecular weight excluding hydrogens is 1450 g/mol. The van der Waals surface area contributed by atoms with Crippen molar-refractivity contribution in [1.82, 2.24) is 0 Å². The first-order chi connectivity index (χ1) is 57.6. The molecule has 19 aromatic rings. The summed E-state index contributed by atoms with van der Waals surface area (Å²) in [5.74, 6) is 0. The van der Waals surface area contributed by atoms with Gasteiger partial charge in [0.25, 0.3) is 0 Å². The van der Waals surface area contributed by atoms with Crippen LogP contribution >= 0.6 is 0 Å². The molecule has 17 aromatic carbocycles. The number of anilines is 6. The highest BCUT2D eigenvalue weighted by molar-refractivity contribution is 6.23. The normalized spacial score (nSPS) is 13.8. The fraction of sp³-hybridized carbons (Fsp3) is 0.190. The zero-order chi connectivity index (χ0) is 82.6. The van der Waals surface area contributed by atoms with E-state index in [2.05, 4.69) is 436 Å². The van der Waals surface area contributed by atoms with Gasteiger partial charge in [-0.05, 0) is 249 Å². The van der Waals surface area contributed by atoms with Crippen molar-refractivity contribution in [2.45, 2.75) is 143 Å². The van der Waals surface area contributed by atoms with Crippen LogP contribution in [-0.2, 0) is 32.5 Å². The van der Waals surface area contributed by atoms with Crippen LogP contribution in [0.3, 0.4) is 0 Å². The number of nitrogens with zero attached hydrogens (tertiary/aromatic N) is 2. The molecular formula is C116H100N2O2. The number of hydrogen-bond donors (Lipinski definition) is 0. The summed E-state index contributed by atoms with van der Waals surface area (Å²) in [4.78, 5) is 4.94. The Bertz CT molecular complexity index is 6810. The highest BCUT2D eigenvalue weighted by atomic mass is 16.3. The van der Waals surface area contributed by atoms with Crippen molar-refractivity contribution in [2.75, 3.05) is 9.80 Å².